The summed E-state index contributed by atoms with van der Waals surface area (Å²) in [6, 6.07) is 0. The molecule has 6 heteroatoms. The largest absolute Gasteiger partial charge is 0.397 e. The molecule has 3 N–H and O–H groups in total. The average Bonchev–Trinajstić information content (AvgIpc) is 1.93. The van der Waals surface area contributed by atoms with E-state index >= 15 is 0 Å². The van der Waals surface area contributed by atoms with E-state index in [1.165, 1.54) is 0 Å². The molecule has 1 rings (SSSR count). The highest BCUT2D eigenvalue weighted by molar-refractivity contribution is 5.77. The van der Waals surface area contributed by atoms with Gasteiger partial charge in [-0.1, -0.05) is 0 Å². The summed E-state index contributed by atoms with van der Waals surface area (Å²) in [6.45, 7) is 0.205. The van der Waals surface area contributed by atoms with Gasteiger partial charge in [-0.25, -0.2) is 0 Å². The van der Waals surface area contributed by atoms with E-state index < -0.39 is 24.0 Å². The Hall–Kier alpha value is -0.780. The van der Waals surface area contributed by atoms with Crippen molar-refractivity contribution in [1.82, 2.24) is 5.32 Å². The monoisotopic (exact) mass is 210 g/mol. The second kappa shape index (κ2) is 3.76. The molecule has 1 aliphatic rings. The first kappa shape index (κ1) is 11.3. The lowest BCUT2D eigenvalue weighted by atomic mass is 9.77. The molecule has 0 radical (unpaired) electrons. The normalized spacial score (nSPS) is 20.0. The Kier molecular flexibility index (Phi) is 3.04. The third-order valence-corrected chi connectivity index (χ3v) is 2.47. The molecule has 0 aromatic rings. The lowest BCUT2D eigenvalue weighted by molar-refractivity contribution is -0.155. The zero-order valence-electron chi connectivity index (χ0n) is 7.66. The predicted molar refractivity (Wildman–Crippen MR) is 44.5 cm³/mol. The van der Waals surface area contributed by atoms with Gasteiger partial charge in [-0.3, -0.25) is 4.79 Å². The molecule has 0 atom stereocenters. The first-order valence-electron chi connectivity index (χ1n) is 4.45. The van der Waals surface area contributed by atoms with E-state index in [0.717, 1.165) is 6.42 Å². The summed E-state index contributed by atoms with van der Waals surface area (Å²) >= 11 is 0. The molecule has 0 aliphatic heterocycles. The Morgan fingerprint density at radius 3 is 2.29 bits per heavy atom. The number of nitrogens with two attached hydrogens (primary N) is 1. The fourth-order valence-electron chi connectivity index (χ4n) is 1.51. The third-order valence-electron chi connectivity index (χ3n) is 2.47. The first-order valence-corrected chi connectivity index (χ1v) is 4.45. The lowest BCUT2D eigenvalue weighted by Crippen LogP contribution is -2.58. The molecule has 0 spiro atoms. The summed E-state index contributed by atoms with van der Waals surface area (Å²) in [6.07, 6.45) is -3.61. The smallest absolute Gasteiger partial charge is 0.349 e. The maximum absolute atomic E-state index is 11.8. The van der Waals surface area contributed by atoms with Crippen LogP contribution in [-0.2, 0) is 4.79 Å². The molecular weight excluding hydrogens is 197 g/mol. The summed E-state index contributed by atoms with van der Waals surface area (Å²) in [7, 11) is 0. The number of hydrogen-bond acceptors (Lipinski definition) is 2. The van der Waals surface area contributed by atoms with Crippen LogP contribution in [0.4, 0.5) is 13.2 Å². The van der Waals surface area contributed by atoms with Gasteiger partial charge in [0.15, 0.2) is 0 Å². The minimum atomic E-state index is -4.44. The van der Waals surface area contributed by atoms with Crippen molar-refractivity contribution in [3.05, 3.63) is 0 Å². The van der Waals surface area contributed by atoms with Gasteiger partial charge in [0.2, 0.25) is 5.91 Å². The van der Waals surface area contributed by atoms with Crippen LogP contribution < -0.4 is 11.1 Å². The van der Waals surface area contributed by atoms with E-state index in [9.17, 15) is 18.0 Å². The maximum Gasteiger partial charge on any atom is 0.397 e. The molecule has 1 fully saturated rings. The van der Waals surface area contributed by atoms with Crippen LogP contribution in [0.1, 0.15) is 25.7 Å². The van der Waals surface area contributed by atoms with Gasteiger partial charge in [0.25, 0.3) is 0 Å². The molecule has 0 saturated heterocycles. The van der Waals surface area contributed by atoms with Crippen LogP contribution in [0.25, 0.3) is 0 Å². The molecule has 82 valence electrons. The fourth-order valence-corrected chi connectivity index (χ4v) is 1.51. The Bertz CT molecular complexity index is 218. The van der Waals surface area contributed by atoms with Crippen molar-refractivity contribution in [1.29, 1.82) is 0 Å². The van der Waals surface area contributed by atoms with E-state index in [4.69, 9.17) is 5.73 Å². The van der Waals surface area contributed by atoms with Crippen molar-refractivity contribution < 1.29 is 18.0 Å². The highest BCUT2D eigenvalue weighted by Gasteiger charge is 2.39. The average molecular weight is 210 g/mol. The van der Waals surface area contributed by atoms with Crippen LogP contribution >= 0.6 is 0 Å². The van der Waals surface area contributed by atoms with Crippen molar-refractivity contribution in [2.45, 2.75) is 37.4 Å². The number of alkyl halides is 3. The number of rotatable bonds is 3. The molecule has 1 amide bonds. The number of halogens is 3. The predicted octanol–water partition coefficient (Wildman–Crippen LogP) is 0.936. The topological polar surface area (TPSA) is 55.1 Å². The van der Waals surface area contributed by atoms with Crippen molar-refractivity contribution in [2.75, 3.05) is 6.54 Å². The van der Waals surface area contributed by atoms with Gasteiger partial charge in [0.1, 0.15) is 6.42 Å². The van der Waals surface area contributed by atoms with Gasteiger partial charge in [0.05, 0.1) is 5.54 Å². The summed E-state index contributed by atoms with van der Waals surface area (Å²) in [4.78, 5) is 10.9. The summed E-state index contributed by atoms with van der Waals surface area (Å²) in [5.74, 6) is -0.984. The quantitative estimate of drug-likeness (QED) is 0.728. The van der Waals surface area contributed by atoms with Crippen LogP contribution in [0.3, 0.4) is 0 Å². The van der Waals surface area contributed by atoms with Crippen LogP contribution in [0.5, 0.6) is 0 Å². The van der Waals surface area contributed by atoms with Crippen LogP contribution in [0, 0.1) is 0 Å². The van der Waals surface area contributed by atoms with Gasteiger partial charge in [0, 0.05) is 6.54 Å². The zero-order valence-corrected chi connectivity index (χ0v) is 7.66. The highest BCUT2D eigenvalue weighted by Crippen LogP contribution is 2.31. The van der Waals surface area contributed by atoms with Crippen LogP contribution in [-0.4, -0.2) is 24.2 Å². The Morgan fingerprint density at radius 1 is 1.43 bits per heavy atom. The van der Waals surface area contributed by atoms with E-state index in [0.29, 0.717) is 12.8 Å². The van der Waals surface area contributed by atoms with Crippen molar-refractivity contribution >= 4 is 5.91 Å². The summed E-state index contributed by atoms with van der Waals surface area (Å²) in [5, 5.41) is 2.35. The molecule has 0 unspecified atom stereocenters. The fraction of sp³-hybridized carbons (Fsp3) is 0.875. The highest BCUT2D eigenvalue weighted by atomic mass is 19.4. The number of amides is 1. The molecule has 1 aliphatic carbocycles. The molecule has 3 nitrogen and oxygen atoms in total. The molecule has 14 heavy (non-hydrogen) atoms. The van der Waals surface area contributed by atoms with Gasteiger partial charge in [-0.15, -0.1) is 0 Å². The van der Waals surface area contributed by atoms with Crippen molar-refractivity contribution in [2.24, 2.45) is 5.73 Å². The van der Waals surface area contributed by atoms with Gasteiger partial charge in [-0.05, 0) is 19.3 Å². The molecule has 0 aromatic heterocycles. The Balaban J connectivity index is 2.40. The molecule has 0 aromatic carbocycles. The van der Waals surface area contributed by atoms with E-state index in [-0.39, 0.29) is 6.54 Å². The maximum atomic E-state index is 11.8. The number of carbonyl (C=O) groups is 1. The minimum Gasteiger partial charge on any atom is -0.349 e. The molecule has 1 saturated carbocycles. The molecule has 0 heterocycles. The van der Waals surface area contributed by atoms with Gasteiger partial charge < -0.3 is 11.1 Å². The second-order valence-electron chi connectivity index (χ2n) is 3.68. The number of hydrogen-bond donors (Lipinski definition) is 2. The SMILES string of the molecule is NCC1(NC(=O)CC(F)(F)F)CCC1. The van der Waals surface area contributed by atoms with Crippen LogP contribution in [0.15, 0.2) is 0 Å². The van der Waals surface area contributed by atoms with Crippen molar-refractivity contribution in [3.8, 4) is 0 Å². The Morgan fingerprint density at radius 2 is 2.00 bits per heavy atom. The summed E-state index contributed by atoms with van der Waals surface area (Å²) in [5.41, 5.74) is 4.82. The van der Waals surface area contributed by atoms with Crippen LogP contribution in [0.2, 0.25) is 0 Å². The number of nitrogens with one attached hydrogen (secondary N) is 1. The van der Waals surface area contributed by atoms with E-state index in [1.54, 1.807) is 0 Å². The van der Waals surface area contributed by atoms with E-state index in [1.807, 2.05) is 0 Å². The zero-order chi connectivity index (χ0) is 10.8. The second-order valence-corrected chi connectivity index (χ2v) is 3.68. The van der Waals surface area contributed by atoms with Crippen molar-refractivity contribution in [3.63, 3.8) is 0 Å². The first-order chi connectivity index (χ1) is 6.37. The minimum absolute atomic E-state index is 0.205. The van der Waals surface area contributed by atoms with E-state index in [2.05, 4.69) is 5.32 Å². The molecular formula is C8H13F3N2O. The summed E-state index contributed by atoms with van der Waals surface area (Å²) < 4.78 is 35.4. The third kappa shape index (κ3) is 2.87. The van der Waals surface area contributed by atoms with Gasteiger partial charge >= 0.3 is 6.18 Å². The lowest BCUT2D eigenvalue weighted by Gasteiger charge is -2.41. The van der Waals surface area contributed by atoms with Gasteiger partial charge in [-0.2, -0.15) is 13.2 Å². The molecule has 0 bridgehead atoms. The standard InChI is InChI=1S/C8H13F3N2O/c9-8(10,11)4-6(14)13-7(5-12)2-1-3-7/h1-5,12H2,(H,13,14). The number of carbonyl (C=O) groups excluding carboxylic acids is 1. The Labute approximate surface area is 79.8 Å².